The molecule has 0 bridgehead atoms. The van der Waals surface area contributed by atoms with E-state index in [2.05, 4.69) is 19.9 Å². The summed E-state index contributed by atoms with van der Waals surface area (Å²) in [4.78, 5) is 0. The normalized spacial score (nSPS) is 13.9. The van der Waals surface area contributed by atoms with E-state index in [-0.39, 0.29) is 0 Å². The van der Waals surface area contributed by atoms with Crippen LogP contribution in [0.15, 0.2) is 23.4 Å². The van der Waals surface area contributed by atoms with Crippen LogP contribution in [-0.4, -0.2) is 0 Å². The second-order valence-corrected chi connectivity index (χ2v) is 2.53. The van der Waals surface area contributed by atoms with Gasteiger partial charge in [-0.25, -0.2) is 0 Å². The van der Waals surface area contributed by atoms with Gasteiger partial charge in [-0.2, -0.15) is 0 Å². The van der Waals surface area contributed by atoms with Gasteiger partial charge in [0.05, 0.1) is 0 Å². The predicted octanol–water partition coefficient (Wildman–Crippen LogP) is 2.60. The van der Waals surface area contributed by atoms with Gasteiger partial charge in [0.1, 0.15) is 0 Å². The summed E-state index contributed by atoms with van der Waals surface area (Å²) in [6, 6.07) is 0. The highest BCUT2D eigenvalue weighted by Crippen LogP contribution is 2.07. The van der Waals surface area contributed by atoms with Crippen molar-refractivity contribution in [3.8, 4) is 0 Å². The summed E-state index contributed by atoms with van der Waals surface area (Å²) in [6.07, 6.45) is 6.23. The molecule has 10 heavy (non-hydrogen) atoms. The highest BCUT2D eigenvalue weighted by molar-refractivity contribution is 5.25. The lowest BCUT2D eigenvalue weighted by Gasteiger charge is -1.98. The molecule has 0 atom stereocenters. The lowest BCUT2D eigenvalue weighted by Crippen LogP contribution is -1.85. The molecule has 0 heterocycles. The first kappa shape index (κ1) is 9.28. The molecule has 0 saturated carbocycles. The molecular weight excluding hydrogens is 122 g/mol. The molecule has 0 spiro atoms. The Morgan fingerprint density at radius 1 is 1.30 bits per heavy atom. The highest BCUT2D eigenvalue weighted by atomic mass is 14.5. The van der Waals surface area contributed by atoms with E-state index in [1.807, 2.05) is 6.92 Å². The number of hydrogen-bond acceptors (Lipinski definition) is 1. The fourth-order valence-corrected chi connectivity index (χ4v) is 0.653. The maximum absolute atomic E-state index is 5.34. The summed E-state index contributed by atoms with van der Waals surface area (Å²) in [7, 11) is 0. The van der Waals surface area contributed by atoms with E-state index in [9.17, 15) is 0 Å². The zero-order chi connectivity index (χ0) is 7.98. The van der Waals surface area contributed by atoms with Gasteiger partial charge in [-0.15, -0.1) is 0 Å². The van der Waals surface area contributed by atoms with Crippen LogP contribution in [0.5, 0.6) is 0 Å². The first-order valence-electron chi connectivity index (χ1n) is 3.78. The van der Waals surface area contributed by atoms with Gasteiger partial charge in [-0.05, 0) is 32.0 Å². The van der Waals surface area contributed by atoms with Crippen molar-refractivity contribution >= 4 is 0 Å². The van der Waals surface area contributed by atoms with Gasteiger partial charge in [0.15, 0.2) is 0 Å². The molecule has 2 N–H and O–H groups in total. The molecule has 0 aliphatic rings. The van der Waals surface area contributed by atoms with E-state index in [1.54, 1.807) is 6.20 Å². The predicted molar refractivity (Wildman–Crippen MR) is 46.6 cm³/mol. The molecule has 0 unspecified atom stereocenters. The molecule has 1 nitrogen and oxygen atoms in total. The topological polar surface area (TPSA) is 26.0 Å². The number of nitrogens with two attached hydrogens (primary N) is 1. The lowest BCUT2D eigenvalue weighted by molar-refractivity contribution is 0.949. The van der Waals surface area contributed by atoms with Crippen molar-refractivity contribution in [1.82, 2.24) is 0 Å². The third-order valence-corrected chi connectivity index (χ3v) is 1.61. The smallest absolute Gasteiger partial charge is 0.00300 e. The standard InChI is InChI=1S/C9H17N/c1-4-5-6-8(2)9(3)7-10/h6-7H,4-5,10H2,1-3H3/b8-6-,9-7-. The summed E-state index contributed by atoms with van der Waals surface area (Å²) in [6.45, 7) is 6.29. The highest BCUT2D eigenvalue weighted by Gasteiger charge is 1.88. The zero-order valence-corrected chi connectivity index (χ0v) is 7.15. The quantitative estimate of drug-likeness (QED) is 0.597. The first-order chi connectivity index (χ1) is 4.72. The van der Waals surface area contributed by atoms with Crippen molar-refractivity contribution in [2.24, 2.45) is 5.73 Å². The van der Waals surface area contributed by atoms with E-state index in [0.717, 1.165) is 6.42 Å². The van der Waals surface area contributed by atoms with Gasteiger partial charge in [0.25, 0.3) is 0 Å². The van der Waals surface area contributed by atoms with Gasteiger partial charge in [-0.3, -0.25) is 0 Å². The van der Waals surface area contributed by atoms with Gasteiger partial charge in [0, 0.05) is 0 Å². The molecule has 0 fully saturated rings. The Morgan fingerprint density at radius 2 is 1.90 bits per heavy atom. The molecule has 0 aromatic rings. The van der Waals surface area contributed by atoms with Crippen molar-refractivity contribution in [2.75, 3.05) is 0 Å². The van der Waals surface area contributed by atoms with E-state index < -0.39 is 0 Å². The Labute approximate surface area is 63.6 Å². The summed E-state index contributed by atoms with van der Waals surface area (Å²) >= 11 is 0. The summed E-state index contributed by atoms with van der Waals surface area (Å²) < 4.78 is 0. The van der Waals surface area contributed by atoms with Crippen molar-refractivity contribution < 1.29 is 0 Å². The minimum absolute atomic E-state index is 1.15. The zero-order valence-electron chi connectivity index (χ0n) is 7.15. The van der Waals surface area contributed by atoms with Crippen LogP contribution in [0.3, 0.4) is 0 Å². The average molecular weight is 139 g/mol. The molecular formula is C9H17N. The van der Waals surface area contributed by atoms with Crippen LogP contribution in [0, 0.1) is 0 Å². The van der Waals surface area contributed by atoms with Crippen molar-refractivity contribution in [3.05, 3.63) is 23.4 Å². The lowest BCUT2D eigenvalue weighted by atomic mass is 10.1. The Kier molecular flexibility index (Phi) is 4.73. The van der Waals surface area contributed by atoms with Crippen LogP contribution in [0.25, 0.3) is 0 Å². The van der Waals surface area contributed by atoms with E-state index >= 15 is 0 Å². The average Bonchev–Trinajstić information content (AvgIpc) is 1.98. The van der Waals surface area contributed by atoms with E-state index in [0.29, 0.717) is 0 Å². The van der Waals surface area contributed by atoms with Gasteiger partial charge < -0.3 is 5.73 Å². The molecule has 0 aromatic carbocycles. The monoisotopic (exact) mass is 139 g/mol. The minimum atomic E-state index is 1.15. The SMILES string of the molecule is CCC/C=C(C)\C(C)=C/N. The fraction of sp³-hybridized carbons (Fsp3) is 0.556. The first-order valence-corrected chi connectivity index (χ1v) is 3.78. The maximum Gasteiger partial charge on any atom is -0.00300 e. The molecule has 0 radical (unpaired) electrons. The fourth-order valence-electron chi connectivity index (χ4n) is 0.653. The Balaban J connectivity index is 3.93. The van der Waals surface area contributed by atoms with Gasteiger partial charge >= 0.3 is 0 Å². The Morgan fingerprint density at radius 3 is 2.30 bits per heavy atom. The minimum Gasteiger partial charge on any atom is -0.404 e. The van der Waals surface area contributed by atoms with Crippen molar-refractivity contribution in [2.45, 2.75) is 33.6 Å². The molecule has 0 aliphatic heterocycles. The van der Waals surface area contributed by atoms with Gasteiger partial charge in [-0.1, -0.05) is 25.0 Å². The van der Waals surface area contributed by atoms with Gasteiger partial charge in [0.2, 0.25) is 0 Å². The third kappa shape index (κ3) is 3.33. The molecule has 0 aromatic heterocycles. The van der Waals surface area contributed by atoms with E-state index in [1.165, 1.54) is 17.6 Å². The molecule has 0 rings (SSSR count). The largest absolute Gasteiger partial charge is 0.404 e. The summed E-state index contributed by atoms with van der Waals surface area (Å²) in [5.41, 5.74) is 7.81. The second kappa shape index (κ2) is 5.10. The molecule has 0 saturated heterocycles. The van der Waals surface area contributed by atoms with Crippen LogP contribution in [0.2, 0.25) is 0 Å². The van der Waals surface area contributed by atoms with Crippen LogP contribution in [0.1, 0.15) is 33.6 Å². The number of hydrogen-bond donors (Lipinski definition) is 1. The number of unbranched alkanes of at least 4 members (excludes halogenated alkanes) is 1. The molecule has 58 valence electrons. The summed E-state index contributed by atoms with van der Waals surface area (Å²) in [5, 5.41) is 0. The van der Waals surface area contributed by atoms with E-state index in [4.69, 9.17) is 5.73 Å². The maximum atomic E-state index is 5.34. The van der Waals surface area contributed by atoms with Crippen LogP contribution >= 0.6 is 0 Å². The second-order valence-electron chi connectivity index (χ2n) is 2.53. The molecule has 0 aliphatic carbocycles. The van der Waals surface area contributed by atoms with Crippen LogP contribution in [-0.2, 0) is 0 Å². The van der Waals surface area contributed by atoms with Crippen LogP contribution < -0.4 is 5.73 Å². The Hall–Kier alpha value is -0.720. The van der Waals surface area contributed by atoms with Crippen molar-refractivity contribution in [3.63, 3.8) is 0 Å². The Bertz CT molecular complexity index is 143. The van der Waals surface area contributed by atoms with Crippen molar-refractivity contribution in [1.29, 1.82) is 0 Å². The third-order valence-electron chi connectivity index (χ3n) is 1.61. The van der Waals surface area contributed by atoms with Crippen LogP contribution in [0.4, 0.5) is 0 Å². The number of rotatable bonds is 3. The summed E-state index contributed by atoms with van der Waals surface area (Å²) in [5.74, 6) is 0. The molecule has 0 amide bonds. The molecule has 1 heteroatoms. The number of allylic oxidation sites excluding steroid dienone is 3.